The van der Waals surface area contributed by atoms with E-state index in [1.54, 1.807) is 6.92 Å². The van der Waals surface area contributed by atoms with E-state index in [9.17, 15) is 24.1 Å². The summed E-state index contributed by atoms with van der Waals surface area (Å²) in [4.78, 5) is 35.9. The van der Waals surface area contributed by atoms with Crippen LogP contribution in [0.2, 0.25) is 0 Å². The van der Waals surface area contributed by atoms with Gasteiger partial charge in [-0.05, 0) is 55.2 Å². The largest absolute Gasteiger partial charge is 0.368 e. The summed E-state index contributed by atoms with van der Waals surface area (Å²) in [5, 5.41) is 12.1. The molecule has 1 fully saturated rings. The highest BCUT2D eigenvalue weighted by atomic mass is 19.1. The van der Waals surface area contributed by atoms with Gasteiger partial charge < -0.3 is 5.73 Å². The van der Waals surface area contributed by atoms with Crippen LogP contribution in [0.5, 0.6) is 0 Å². The highest BCUT2D eigenvalue weighted by molar-refractivity contribution is 5.99. The zero-order valence-corrected chi connectivity index (χ0v) is 15.8. The number of primary amides is 1. The first-order valence-corrected chi connectivity index (χ1v) is 9.04. The number of hydrazine groups is 1. The van der Waals surface area contributed by atoms with Crippen LogP contribution in [-0.4, -0.2) is 28.2 Å². The molecular formula is C20H21FN4O4. The second-order valence-electron chi connectivity index (χ2n) is 7.24. The van der Waals surface area contributed by atoms with Crippen molar-refractivity contribution in [2.45, 2.75) is 25.3 Å². The van der Waals surface area contributed by atoms with Gasteiger partial charge in [-0.25, -0.2) is 9.40 Å². The van der Waals surface area contributed by atoms with Crippen molar-refractivity contribution in [3.63, 3.8) is 0 Å². The number of amides is 1. The van der Waals surface area contributed by atoms with Gasteiger partial charge in [0.2, 0.25) is 5.91 Å². The number of carbonyl (C=O) groups excluding carboxylic acids is 2. The lowest BCUT2D eigenvalue weighted by molar-refractivity contribution is -0.384. The molecule has 152 valence electrons. The lowest BCUT2D eigenvalue weighted by atomic mass is 9.72. The molecule has 2 aromatic carbocycles. The molecule has 4 N–H and O–H groups in total. The van der Waals surface area contributed by atoms with E-state index < -0.39 is 28.1 Å². The van der Waals surface area contributed by atoms with E-state index in [0.717, 1.165) is 0 Å². The second-order valence-corrected chi connectivity index (χ2v) is 7.24. The first-order chi connectivity index (χ1) is 13.7. The van der Waals surface area contributed by atoms with Crippen molar-refractivity contribution in [3.05, 3.63) is 75.1 Å². The van der Waals surface area contributed by atoms with Crippen LogP contribution in [0.4, 0.5) is 10.1 Å². The van der Waals surface area contributed by atoms with Crippen molar-refractivity contribution >= 4 is 17.4 Å². The van der Waals surface area contributed by atoms with Crippen LogP contribution in [0.25, 0.3) is 0 Å². The van der Waals surface area contributed by atoms with Crippen LogP contribution in [0.3, 0.4) is 0 Å². The van der Waals surface area contributed by atoms with Crippen molar-refractivity contribution < 1.29 is 18.9 Å². The van der Waals surface area contributed by atoms with Gasteiger partial charge in [0.1, 0.15) is 11.4 Å². The highest BCUT2D eigenvalue weighted by Crippen LogP contribution is 2.41. The fraction of sp³-hybridized carbons (Fsp3) is 0.300. The molecule has 1 amide bonds. The number of rotatable bonds is 5. The quantitative estimate of drug-likeness (QED) is 0.342. The normalized spacial score (nSPS) is 22.2. The molecule has 2 unspecified atom stereocenters. The Kier molecular flexibility index (Phi) is 5.45. The first-order valence-electron chi connectivity index (χ1n) is 9.04. The number of piperidine rings is 1. The lowest BCUT2D eigenvalue weighted by Crippen LogP contribution is -2.62. The minimum Gasteiger partial charge on any atom is -0.368 e. The maximum atomic E-state index is 13.6. The van der Waals surface area contributed by atoms with Gasteiger partial charge in [0.25, 0.3) is 5.69 Å². The molecule has 0 spiro atoms. The molecule has 2 aromatic rings. The molecule has 0 aliphatic carbocycles. The number of nitrogens with two attached hydrogens (primary N) is 2. The second kappa shape index (κ2) is 7.69. The van der Waals surface area contributed by atoms with Gasteiger partial charge in [0.15, 0.2) is 5.78 Å². The third-order valence-corrected chi connectivity index (χ3v) is 5.53. The van der Waals surface area contributed by atoms with E-state index in [2.05, 4.69) is 0 Å². The molecule has 1 heterocycles. The van der Waals surface area contributed by atoms with Crippen LogP contribution in [0, 0.1) is 28.8 Å². The van der Waals surface area contributed by atoms with Crippen molar-refractivity contribution in [3.8, 4) is 0 Å². The van der Waals surface area contributed by atoms with Crippen LogP contribution >= 0.6 is 0 Å². The summed E-state index contributed by atoms with van der Waals surface area (Å²) >= 11 is 0. The SMILES string of the molecule is Cc1cc(F)ccc1C1(C(N)=O)CC(C(=O)c2ccc([N+](=O)[O-])cc2)CCN1N. The molecule has 1 aliphatic heterocycles. The zero-order chi connectivity index (χ0) is 21.3. The van der Waals surface area contributed by atoms with Crippen LogP contribution in [0.15, 0.2) is 42.5 Å². The van der Waals surface area contributed by atoms with Crippen molar-refractivity contribution in [2.24, 2.45) is 17.5 Å². The van der Waals surface area contributed by atoms with Gasteiger partial charge in [-0.15, -0.1) is 0 Å². The van der Waals surface area contributed by atoms with Crippen molar-refractivity contribution in [2.75, 3.05) is 6.54 Å². The number of carbonyl (C=O) groups is 2. The summed E-state index contributed by atoms with van der Waals surface area (Å²) in [5.74, 6) is 4.15. The molecule has 9 heteroatoms. The van der Waals surface area contributed by atoms with E-state index in [4.69, 9.17) is 11.6 Å². The molecule has 0 saturated carbocycles. The molecule has 0 radical (unpaired) electrons. The van der Waals surface area contributed by atoms with E-state index >= 15 is 0 Å². The van der Waals surface area contributed by atoms with Crippen molar-refractivity contribution in [1.29, 1.82) is 0 Å². The zero-order valence-electron chi connectivity index (χ0n) is 15.8. The molecule has 1 saturated heterocycles. The number of nitrogens with zero attached hydrogens (tertiary/aromatic N) is 2. The summed E-state index contributed by atoms with van der Waals surface area (Å²) in [5.41, 5.74) is 5.43. The molecule has 3 rings (SSSR count). The summed E-state index contributed by atoms with van der Waals surface area (Å²) < 4.78 is 13.6. The number of hydrogen-bond donors (Lipinski definition) is 2. The number of benzene rings is 2. The Bertz CT molecular complexity index is 979. The van der Waals surface area contributed by atoms with E-state index in [1.165, 1.54) is 47.5 Å². The third-order valence-electron chi connectivity index (χ3n) is 5.53. The van der Waals surface area contributed by atoms with E-state index in [-0.39, 0.29) is 24.4 Å². The Morgan fingerprint density at radius 2 is 1.90 bits per heavy atom. The maximum Gasteiger partial charge on any atom is 0.269 e. The van der Waals surface area contributed by atoms with Crippen LogP contribution in [0.1, 0.15) is 34.3 Å². The maximum absolute atomic E-state index is 13.6. The Morgan fingerprint density at radius 1 is 1.24 bits per heavy atom. The molecular weight excluding hydrogens is 379 g/mol. The van der Waals surface area contributed by atoms with Crippen LogP contribution in [-0.2, 0) is 10.3 Å². The number of nitro benzene ring substituents is 1. The third kappa shape index (κ3) is 3.62. The minimum absolute atomic E-state index is 0.0289. The van der Waals surface area contributed by atoms with Gasteiger partial charge in [-0.2, -0.15) is 0 Å². The molecule has 2 atom stereocenters. The fourth-order valence-electron chi connectivity index (χ4n) is 4.00. The Balaban J connectivity index is 1.98. The minimum atomic E-state index is -1.46. The van der Waals surface area contributed by atoms with Gasteiger partial charge >= 0.3 is 0 Å². The Labute approximate surface area is 166 Å². The topological polar surface area (TPSA) is 133 Å². The first kappa shape index (κ1) is 20.6. The van der Waals surface area contributed by atoms with E-state index in [1.807, 2.05) is 0 Å². The monoisotopic (exact) mass is 400 g/mol. The van der Waals surface area contributed by atoms with Crippen molar-refractivity contribution in [1.82, 2.24) is 5.01 Å². The summed E-state index contributed by atoms with van der Waals surface area (Å²) in [6, 6.07) is 9.29. The molecule has 8 nitrogen and oxygen atoms in total. The number of halogens is 1. The average Bonchev–Trinajstić information content (AvgIpc) is 2.68. The van der Waals surface area contributed by atoms with Gasteiger partial charge in [0, 0.05) is 30.2 Å². The summed E-state index contributed by atoms with van der Waals surface area (Å²) in [6.07, 6.45) is 0.419. The summed E-state index contributed by atoms with van der Waals surface area (Å²) in [6.45, 7) is 1.88. The molecule has 0 aromatic heterocycles. The highest BCUT2D eigenvalue weighted by Gasteiger charge is 2.50. The average molecular weight is 400 g/mol. The van der Waals surface area contributed by atoms with Gasteiger partial charge in [0.05, 0.1) is 4.92 Å². The predicted molar refractivity (Wildman–Crippen MR) is 103 cm³/mol. The van der Waals surface area contributed by atoms with Gasteiger partial charge in [-0.3, -0.25) is 25.5 Å². The number of Topliss-reactive ketones (excluding diaryl/α,β-unsaturated/α-hetero) is 1. The molecule has 29 heavy (non-hydrogen) atoms. The lowest BCUT2D eigenvalue weighted by Gasteiger charge is -2.45. The molecule has 0 bridgehead atoms. The fourth-order valence-corrected chi connectivity index (χ4v) is 4.00. The standard InChI is InChI=1S/C20H21FN4O4/c1-12-10-15(21)4-7-17(12)20(19(22)27)11-14(8-9-24(20)23)18(26)13-2-5-16(6-3-13)25(28)29/h2-7,10,14H,8-9,11,23H2,1H3,(H2,22,27). The smallest absolute Gasteiger partial charge is 0.269 e. The molecule has 1 aliphatic rings. The number of hydrogen-bond acceptors (Lipinski definition) is 6. The number of nitro groups is 1. The number of ketones is 1. The Hall–Kier alpha value is -3.17. The number of non-ortho nitro benzene ring substituents is 1. The van der Waals surface area contributed by atoms with E-state index in [0.29, 0.717) is 23.1 Å². The Morgan fingerprint density at radius 3 is 2.45 bits per heavy atom. The predicted octanol–water partition coefficient (Wildman–Crippen LogP) is 2.19. The number of aryl methyl sites for hydroxylation is 1. The van der Waals surface area contributed by atoms with Gasteiger partial charge in [-0.1, -0.05) is 6.07 Å². The summed E-state index contributed by atoms with van der Waals surface area (Å²) in [7, 11) is 0. The van der Waals surface area contributed by atoms with Crippen LogP contribution < -0.4 is 11.6 Å².